The van der Waals surface area contributed by atoms with E-state index in [0.717, 1.165) is 30.0 Å². The van der Waals surface area contributed by atoms with Crippen LogP contribution >= 0.6 is 0 Å². The van der Waals surface area contributed by atoms with Gasteiger partial charge in [-0.3, -0.25) is 0 Å². The van der Waals surface area contributed by atoms with Gasteiger partial charge in [-0.2, -0.15) is 0 Å². The summed E-state index contributed by atoms with van der Waals surface area (Å²) >= 11 is 0. The molecule has 18 heavy (non-hydrogen) atoms. The quantitative estimate of drug-likeness (QED) is 0.876. The fourth-order valence-electron chi connectivity index (χ4n) is 1.82. The lowest BCUT2D eigenvalue weighted by atomic mass is 10.1. The molecule has 0 fully saturated rings. The molecule has 1 aromatic carbocycles. The molecule has 0 saturated carbocycles. The Morgan fingerprint density at radius 3 is 2.56 bits per heavy atom. The van der Waals surface area contributed by atoms with Crippen LogP contribution in [0.3, 0.4) is 0 Å². The highest BCUT2D eigenvalue weighted by atomic mass is 16.3. The Kier molecular flexibility index (Phi) is 4.15. The van der Waals surface area contributed by atoms with Crippen molar-refractivity contribution in [3.05, 3.63) is 41.9 Å². The zero-order chi connectivity index (χ0) is 13.0. The van der Waals surface area contributed by atoms with Gasteiger partial charge in [0.1, 0.15) is 5.69 Å². The molecule has 3 heteroatoms. The van der Waals surface area contributed by atoms with E-state index in [0.29, 0.717) is 6.04 Å². The molecular weight excluding hydrogens is 224 g/mol. The summed E-state index contributed by atoms with van der Waals surface area (Å²) in [6, 6.07) is 8.91. The van der Waals surface area contributed by atoms with Crippen molar-refractivity contribution in [1.29, 1.82) is 0 Å². The standard InChI is InChI=1S/C15H20N2O/c1-4-12-5-7-13(8-6-12)15-14(17-10-18-15)9-16-11(2)3/h5-8,10-11,16H,4,9H2,1-3H3. The number of nitrogens with zero attached hydrogens (tertiary/aromatic N) is 1. The third kappa shape index (κ3) is 2.99. The molecule has 3 nitrogen and oxygen atoms in total. The molecule has 0 atom stereocenters. The van der Waals surface area contributed by atoms with Gasteiger partial charge in [-0.1, -0.05) is 45.0 Å². The third-order valence-electron chi connectivity index (χ3n) is 2.94. The van der Waals surface area contributed by atoms with Crippen molar-refractivity contribution in [3.63, 3.8) is 0 Å². The van der Waals surface area contributed by atoms with E-state index in [1.54, 1.807) is 0 Å². The zero-order valence-electron chi connectivity index (χ0n) is 11.2. The Balaban J connectivity index is 2.19. The molecule has 0 amide bonds. The summed E-state index contributed by atoms with van der Waals surface area (Å²) in [5.74, 6) is 0.866. The Hall–Kier alpha value is -1.61. The number of rotatable bonds is 5. The summed E-state index contributed by atoms with van der Waals surface area (Å²) in [4.78, 5) is 4.28. The van der Waals surface area contributed by atoms with Crippen LogP contribution in [0, 0.1) is 0 Å². The summed E-state index contributed by atoms with van der Waals surface area (Å²) in [5.41, 5.74) is 3.39. The van der Waals surface area contributed by atoms with E-state index in [9.17, 15) is 0 Å². The van der Waals surface area contributed by atoms with Crippen molar-refractivity contribution < 1.29 is 4.42 Å². The van der Waals surface area contributed by atoms with Gasteiger partial charge in [0.05, 0.1) is 0 Å². The highest BCUT2D eigenvalue weighted by Gasteiger charge is 2.10. The minimum atomic E-state index is 0.442. The molecular formula is C15H20N2O. The predicted octanol–water partition coefficient (Wildman–Crippen LogP) is 3.40. The maximum atomic E-state index is 5.51. The fourth-order valence-corrected chi connectivity index (χ4v) is 1.82. The number of hydrogen-bond donors (Lipinski definition) is 1. The Bertz CT molecular complexity index is 485. The van der Waals surface area contributed by atoms with Gasteiger partial charge in [0.25, 0.3) is 0 Å². The Labute approximate surface area is 108 Å². The van der Waals surface area contributed by atoms with Crippen molar-refractivity contribution in [3.8, 4) is 11.3 Å². The molecule has 0 aliphatic heterocycles. The van der Waals surface area contributed by atoms with Gasteiger partial charge in [-0.15, -0.1) is 0 Å². The van der Waals surface area contributed by atoms with E-state index < -0.39 is 0 Å². The van der Waals surface area contributed by atoms with Gasteiger partial charge in [-0.25, -0.2) is 4.98 Å². The largest absolute Gasteiger partial charge is 0.443 e. The van der Waals surface area contributed by atoms with Crippen molar-refractivity contribution >= 4 is 0 Å². The number of oxazole rings is 1. The first-order valence-corrected chi connectivity index (χ1v) is 6.45. The number of hydrogen-bond acceptors (Lipinski definition) is 3. The molecule has 2 rings (SSSR count). The minimum Gasteiger partial charge on any atom is -0.443 e. The van der Waals surface area contributed by atoms with Gasteiger partial charge in [0, 0.05) is 18.2 Å². The summed E-state index contributed by atoms with van der Waals surface area (Å²) in [6.07, 6.45) is 2.57. The van der Waals surface area contributed by atoms with Crippen LogP contribution in [0.4, 0.5) is 0 Å². The molecule has 1 heterocycles. The molecule has 0 aliphatic rings. The van der Waals surface area contributed by atoms with Gasteiger partial charge in [-0.05, 0) is 12.0 Å². The average molecular weight is 244 g/mol. The molecule has 1 aromatic heterocycles. The van der Waals surface area contributed by atoms with Crippen LogP contribution in [0.2, 0.25) is 0 Å². The lowest BCUT2D eigenvalue weighted by Crippen LogP contribution is -2.22. The van der Waals surface area contributed by atoms with E-state index in [1.807, 2.05) is 0 Å². The van der Waals surface area contributed by atoms with Crippen LogP contribution in [0.25, 0.3) is 11.3 Å². The summed E-state index contributed by atoms with van der Waals surface area (Å²) in [6.45, 7) is 7.13. The number of nitrogens with one attached hydrogen (secondary N) is 1. The number of aromatic nitrogens is 1. The normalized spacial score (nSPS) is 11.1. The van der Waals surface area contributed by atoms with E-state index >= 15 is 0 Å². The lowest BCUT2D eigenvalue weighted by molar-refractivity contribution is 0.563. The molecule has 0 aliphatic carbocycles. The summed E-state index contributed by atoms with van der Waals surface area (Å²) < 4.78 is 5.51. The number of benzene rings is 1. The van der Waals surface area contributed by atoms with Crippen molar-refractivity contribution in [1.82, 2.24) is 10.3 Å². The highest BCUT2D eigenvalue weighted by molar-refractivity contribution is 5.60. The maximum absolute atomic E-state index is 5.51. The molecule has 0 saturated heterocycles. The van der Waals surface area contributed by atoms with E-state index in [2.05, 4.69) is 55.3 Å². The van der Waals surface area contributed by atoms with Gasteiger partial charge in [0.15, 0.2) is 12.2 Å². The van der Waals surface area contributed by atoms with Gasteiger partial charge >= 0.3 is 0 Å². The minimum absolute atomic E-state index is 0.442. The number of aryl methyl sites for hydroxylation is 1. The first-order valence-electron chi connectivity index (χ1n) is 6.45. The molecule has 0 unspecified atom stereocenters. The van der Waals surface area contributed by atoms with Crippen LogP contribution < -0.4 is 5.32 Å². The van der Waals surface area contributed by atoms with E-state index in [4.69, 9.17) is 4.42 Å². The summed E-state index contributed by atoms with van der Waals surface area (Å²) in [7, 11) is 0. The second-order valence-corrected chi connectivity index (χ2v) is 4.71. The van der Waals surface area contributed by atoms with Gasteiger partial charge in [0.2, 0.25) is 0 Å². The molecule has 1 N–H and O–H groups in total. The molecule has 0 spiro atoms. The van der Waals surface area contributed by atoms with Crippen LogP contribution in [0.15, 0.2) is 35.1 Å². The molecule has 0 bridgehead atoms. The molecule has 2 aromatic rings. The SMILES string of the molecule is CCc1ccc(-c2ocnc2CNC(C)C)cc1. The van der Waals surface area contributed by atoms with Crippen LogP contribution in [0.5, 0.6) is 0 Å². The van der Waals surface area contributed by atoms with E-state index in [-0.39, 0.29) is 0 Å². The second-order valence-electron chi connectivity index (χ2n) is 4.71. The second kappa shape index (κ2) is 5.83. The Morgan fingerprint density at radius 2 is 1.94 bits per heavy atom. The van der Waals surface area contributed by atoms with Crippen molar-refractivity contribution in [2.75, 3.05) is 0 Å². The Morgan fingerprint density at radius 1 is 1.22 bits per heavy atom. The topological polar surface area (TPSA) is 38.1 Å². The fraction of sp³-hybridized carbons (Fsp3) is 0.400. The highest BCUT2D eigenvalue weighted by Crippen LogP contribution is 2.23. The van der Waals surface area contributed by atoms with Gasteiger partial charge < -0.3 is 9.73 Å². The van der Waals surface area contributed by atoms with Crippen LogP contribution in [-0.4, -0.2) is 11.0 Å². The van der Waals surface area contributed by atoms with Crippen LogP contribution in [-0.2, 0) is 13.0 Å². The van der Waals surface area contributed by atoms with Crippen molar-refractivity contribution in [2.24, 2.45) is 0 Å². The molecule has 0 radical (unpaired) electrons. The summed E-state index contributed by atoms with van der Waals surface area (Å²) in [5, 5.41) is 3.36. The van der Waals surface area contributed by atoms with Crippen molar-refractivity contribution in [2.45, 2.75) is 39.8 Å². The smallest absolute Gasteiger partial charge is 0.181 e. The molecule has 96 valence electrons. The predicted molar refractivity (Wildman–Crippen MR) is 73.3 cm³/mol. The monoisotopic (exact) mass is 244 g/mol. The lowest BCUT2D eigenvalue weighted by Gasteiger charge is -2.07. The average Bonchev–Trinajstić information content (AvgIpc) is 2.85. The first kappa shape index (κ1) is 12.8. The third-order valence-corrected chi connectivity index (χ3v) is 2.94. The zero-order valence-corrected chi connectivity index (χ0v) is 11.2. The first-order chi connectivity index (χ1) is 8.70. The van der Waals surface area contributed by atoms with Crippen LogP contribution in [0.1, 0.15) is 32.0 Å². The van der Waals surface area contributed by atoms with E-state index in [1.165, 1.54) is 12.0 Å². The maximum Gasteiger partial charge on any atom is 0.181 e.